The maximum atomic E-state index is 5.23. The highest BCUT2D eigenvalue weighted by molar-refractivity contribution is 6.31. The molecule has 4 aromatic heterocycles. The molecule has 4 nitrogen and oxygen atoms in total. The smallest absolute Gasteiger partial charge is 0.137 e. The van der Waals surface area contributed by atoms with Crippen LogP contribution in [0.5, 0.6) is 0 Å². The van der Waals surface area contributed by atoms with Gasteiger partial charge >= 0.3 is 0 Å². The van der Waals surface area contributed by atoms with Gasteiger partial charge in [-0.25, -0.2) is 4.98 Å². The molecule has 0 saturated carbocycles. The number of para-hydroxylation sites is 1. The summed E-state index contributed by atoms with van der Waals surface area (Å²) in [6, 6.07) is 60.7. The third-order valence-electron chi connectivity index (χ3n) is 10.6. The van der Waals surface area contributed by atoms with Crippen molar-refractivity contribution in [2.75, 3.05) is 0 Å². The van der Waals surface area contributed by atoms with Crippen molar-refractivity contribution in [1.29, 1.82) is 0 Å². The van der Waals surface area contributed by atoms with Crippen molar-refractivity contribution in [3.8, 4) is 33.8 Å². The predicted molar refractivity (Wildman–Crippen MR) is 217 cm³/mol. The van der Waals surface area contributed by atoms with Crippen molar-refractivity contribution in [2.24, 2.45) is 0 Å². The summed E-state index contributed by atoms with van der Waals surface area (Å²) in [4.78, 5) is 10.1. The summed E-state index contributed by atoms with van der Waals surface area (Å²) in [7, 11) is 0. The molecule has 0 unspecified atom stereocenters. The maximum absolute atomic E-state index is 5.23. The molecule has 0 atom stereocenters. The lowest BCUT2D eigenvalue weighted by Crippen LogP contribution is -2.01. The van der Waals surface area contributed by atoms with Gasteiger partial charge in [-0.2, -0.15) is 0 Å². The summed E-state index contributed by atoms with van der Waals surface area (Å²) in [6.07, 6.45) is 3.91. The highest BCUT2D eigenvalue weighted by Crippen LogP contribution is 2.42. The molecule has 0 aliphatic rings. The van der Waals surface area contributed by atoms with E-state index in [0.717, 1.165) is 49.9 Å². The van der Waals surface area contributed by atoms with Crippen LogP contribution in [0, 0.1) is 0 Å². The topological polar surface area (TPSA) is 35.6 Å². The first-order valence-electron chi connectivity index (χ1n) is 17.7. The van der Waals surface area contributed by atoms with Crippen molar-refractivity contribution in [1.82, 2.24) is 19.1 Å². The van der Waals surface area contributed by atoms with Crippen molar-refractivity contribution in [3.63, 3.8) is 0 Å². The minimum atomic E-state index is 0.869. The van der Waals surface area contributed by atoms with Crippen LogP contribution >= 0.6 is 0 Å². The Balaban J connectivity index is 1.14. The highest BCUT2D eigenvalue weighted by atomic mass is 15.1. The van der Waals surface area contributed by atoms with E-state index < -0.39 is 0 Å². The Hall–Kier alpha value is -7.04. The van der Waals surface area contributed by atoms with Crippen LogP contribution in [0.3, 0.4) is 0 Å². The van der Waals surface area contributed by atoms with Gasteiger partial charge in [0, 0.05) is 38.5 Å². The Labute approximate surface area is 299 Å². The van der Waals surface area contributed by atoms with E-state index in [4.69, 9.17) is 9.97 Å². The molecule has 4 heterocycles. The molecule has 0 amide bonds. The molecule has 0 bridgehead atoms. The number of fused-ring (bicyclic) bond motifs is 11. The molecule has 7 aromatic carbocycles. The lowest BCUT2D eigenvalue weighted by atomic mass is 10.00. The fraction of sp³-hybridized carbons (Fsp3) is 0. The lowest BCUT2D eigenvalue weighted by Gasteiger charge is -2.13. The molecule has 0 spiro atoms. The van der Waals surface area contributed by atoms with E-state index in [1.165, 1.54) is 49.2 Å². The van der Waals surface area contributed by atoms with Crippen LogP contribution in [0.1, 0.15) is 0 Å². The van der Waals surface area contributed by atoms with Crippen LogP contribution < -0.4 is 0 Å². The van der Waals surface area contributed by atoms with Gasteiger partial charge in [-0.1, -0.05) is 115 Å². The standard InChI is InChI=1S/C48H30N4/c1-3-12-31(13-4-1)33-21-24-43-40(28-33)41-29-34(32-14-5-2-6-15-32)22-25-44(41)51(43)35-23-26-45(50-30-35)52-42-20-10-9-18-38(42)46-36-16-7-8-17-37(36)47-39(48(46)52)19-11-27-49-47/h1-30H. The molecule has 0 fully saturated rings. The summed E-state index contributed by atoms with van der Waals surface area (Å²) >= 11 is 0. The minimum Gasteiger partial charge on any atom is -0.308 e. The molecule has 4 heteroatoms. The normalized spacial score (nSPS) is 11.8. The van der Waals surface area contributed by atoms with E-state index in [2.05, 4.69) is 173 Å². The molecule has 0 radical (unpaired) electrons. The third kappa shape index (κ3) is 4.21. The minimum absolute atomic E-state index is 0.869. The number of aromatic nitrogens is 4. The number of nitrogens with zero attached hydrogens (tertiary/aromatic N) is 4. The van der Waals surface area contributed by atoms with Crippen LogP contribution in [0.4, 0.5) is 0 Å². The van der Waals surface area contributed by atoms with Crippen LogP contribution in [0.25, 0.3) is 99.0 Å². The number of hydrogen-bond donors (Lipinski definition) is 0. The third-order valence-corrected chi connectivity index (χ3v) is 10.6. The molecule has 0 saturated heterocycles. The zero-order valence-electron chi connectivity index (χ0n) is 28.1. The number of rotatable bonds is 4. The van der Waals surface area contributed by atoms with Gasteiger partial charge in [0.05, 0.1) is 39.5 Å². The number of benzene rings is 7. The first-order chi connectivity index (χ1) is 25.8. The quantitative estimate of drug-likeness (QED) is 0.176. The van der Waals surface area contributed by atoms with Gasteiger partial charge in [0.2, 0.25) is 0 Å². The molecule has 11 rings (SSSR count). The predicted octanol–water partition coefficient (Wildman–Crippen LogP) is 12.3. The summed E-state index contributed by atoms with van der Waals surface area (Å²) in [5.41, 5.74) is 11.4. The van der Waals surface area contributed by atoms with Gasteiger partial charge < -0.3 is 4.57 Å². The monoisotopic (exact) mass is 662 g/mol. The maximum Gasteiger partial charge on any atom is 0.137 e. The van der Waals surface area contributed by atoms with E-state index in [9.17, 15) is 0 Å². The molecular formula is C48H30N4. The Morgan fingerprint density at radius 3 is 1.60 bits per heavy atom. The molecule has 11 aromatic rings. The second-order valence-corrected chi connectivity index (χ2v) is 13.4. The zero-order valence-corrected chi connectivity index (χ0v) is 28.1. The van der Waals surface area contributed by atoms with Crippen LogP contribution in [-0.2, 0) is 0 Å². The van der Waals surface area contributed by atoms with E-state index in [1.54, 1.807) is 0 Å². The lowest BCUT2D eigenvalue weighted by molar-refractivity contribution is 1.06. The first-order valence-corrected chi connectivity index (χ1v) is 17.7. The van der Waals surface area contributed by atoms with Gasteiger partial charge in [0.15, 0.2) is 0 Å². The summed E-state index contributed by atoms with van der Waals surface area (Å²) in [5.74, 6) is 0.869. The largest absolute Gasteiger partial charge is 0.308 e. The second-order valence-electron chi connectivity index (χ2n) is 13.4. The van der Waals surface area contributed by atoms with E-state index in [-0.39, 0.29) is 0 Å². The first kappa shape index (κ1) is 28.8. The average molecular weight is 663 g/mol. The Kier molecular flexibility index (Phi) is 6.22. The van der Waals surface area contributed by atoms with Gasteiger partial charge in [-0.05, 0) is 82.2 Å². The highest BCUT2D eigenvalue weighted by Gasteiger charge is 2.20. The zero-order chi connectivity index (χ0) is 34.2. The van der Waals surface area contributed by atoms with Crippen molar-refractivity contribution >= 4 is 65.3 Å². The summed E-state index contributed by atoms with van der Waals surface area (Å²) in [6.45, 7) is 0. The molecule has 0 aliphatic carbocycles. The van der Waals surface area contributed by atoms with E-state index in [0.29, 0.717) is 0 Å². The Bertz CT molecular complexity index is 3060. The van der Waals surface area contributed by atoms with Crippen molar-refractivity contribution in [2.45, 2.75) is 0 Å². The van der Waals surface area contributed by atoms with Gasteiger partial charge in [0.1, 0.15) is 5.82 Å². The van der Waals surface area contributed by atoms with Crippen LogP contribution in [-0.4, -0.2) is 19.1 Å². The average Bonchev–Trinajstić information content (AvgIpc) is 3.75. The van der Waals surface area contributed by atoms with Crippen LogP contribution in [0.2, 0.25) is 0 Å². The molecule has 0 N–H and O–H groups in total. The Morgan fingerprint density at radius 1 is 0.365 bits per heavy atom. The van der Waals surface area contributed by atoms with Gasteiger partial charge in [-0.3, -0.25) is 9.55 Å². The summed E-state index contributed by atoms with van der Waals surface area (Å²) in [5, 5.41) is 8.33. The van der Waals surface area contributed by atoms with Gasteiger partial charge in [0.25, 0.3) is 0 Å². The summed E-state index contributed by atoms with van der Waals surface area (Å²) < 4.78 is 4.67. The van der Waals surface area contributed by atoms with E-state index >= 15 is 0 Å². The molecular weight excluding hydrogens is 633 g/mol. The second kappa shape index (κ2) is 11.2. The fourth-order valence-electron chi connectivity index (χ4n) is 8.29. The van der Waals surface area contributed by atoms with E-state index in [1.807, 2.05) is 18.5 Å². The molecule has 0 aliphatic heterocycles. The van der Waals surface area contributed by atoms with Gasteiger partial charge in [-0.15, -0.1) is 0 Å². The van der Waals surface area contributed by atoms with Crippen molar-refractivity contribution < 1.29 is 0 Å². The Morgan fingerprint density at radius 2 is 0.942 bits per heavy atom. The SMILES string of the molecule is c1ccc(-c2ccc3c(c2)c2cc(-c4ccccc4)ccc2n3-c2ccc(-n3c4ccccc4c4c5ccccc5c5ncccc5c43)nc2)cc1. The molecule has 52 heavy (non-hydrogen) atoms. The van der Waals surface area contributed by atoms with Crippen LogP contribution in [0.15, 0.2) is 182 Å². The molecule has 242 valence electrons. The number of pyridine rings is 2. The van der Waals surface area contributed by atoms with Crippen molar-refractivity contribution in [3.05, 3.63) is 182 Å². The number of hydrogen-bond acceptors (Lipinski definition) is 2. The fourth-order valence-corrected chi connectivity index (χ4v) is 8.29.